The van der Waals surface area contributed by atoms with Crippen LogP contribution in [0.2, 0.25) is 5.02 Å². The van der Waals surface area contributed by atoms with Crippen LogP contribution in [0, 0.1) is 13.8 Å². The highest BCUT2D eigenvalue weighted by molar-refractivity contribution is 7.92. The Labute approximate surface area is 128 Å². The molecule has 2 N–H and O–H groups in total. The van der Waals surface area contributed by atoms with E-state index in [1.165, 1.54) is 18.2 Å². The van der Waals surface area contributed by atoms with Crippen molar-refractivity contribution in [3.05, 3.63) is 52.3 Å². The Morgan fingerprint density at radius 2 is 1.95 bits per heavy atom. The molecule has 0 amide bonds. The van der Waals surface area contributed by atoms with Gasteiger partial charge in [0.2, 0.25) is 0 Å². The molecule has 2 rings (SSSR count). The van der Waals surface area contributed by atoms with Crippen molar-refractivity contribution >= 4 is 27.3 Å². The summed E-state index contributed by atoms with van der Waals surface area (Å²) in [5.74, 6) is 0. The lowest BCUT2D eigenvalue weighted by molar-refractivity contribution is 0.281. The van der Waals surface area contributed by atoms with Crippen molar-refractivity contribution in [2.75, 3.05) is 4.72 Å². The molecule has 0 spiro atoms. The number of aliphatic hydroxyl groups excluding tert-OH is 1. The third kappa shape index (κ3) is 3.53. The summed E-state index contributed by atoms with van der Waals surface area (Å²) in [6, 6.07) is 7.58. The molecule has 112 valence electrons. The van der Waals surface area contributed by atoms with Crippen LogP contribution >= 0.6 is 11.6 Å². The van der Waals surface area contributed by atoms with Gasteiger partial charge in [-0.3, -0.25) is 9.71 Å². The Morgan fingerprint density at radius 1 is 1.24 bits per heavy atom. The zero-order chi connectivity index (χ0) is 15.6. The van der Waals surface area contributed by atoms with Crippen LogP contribution < -0.4 is 4.72 Å². The quantitative estimate of drug-likeness (QED) is 0.905. The molecule has 0 radical (unpaired) electrons. The lowest BCUT2D eigenvalue weighted by Gasteiger charge is -2.11. The van der Waals surface area contributed by atoms with Gasteiger partial charge in [0.25, 0.3) is 10.0 Å². The van der Waals surface area contributed by atoms with Gasteiger partial charge in [0, 0.05) is 10.7 Å². The summed E-state index contributed by atoms with van der Waals surface area (Å²) in [5, 5.41) is 9.49. The first kappa shape index (κ1) is 15.8. The molecule has 0 unspecified atom stereocenters. The van der Waals surface area contributed by atoms with Crippen molar-refractivity contribution in [2.45, 2.75) is 25.3 Å². The minimum Gasteiger partial charge on any atom is -0.392 e. The van der Waals surface area contributed by atoms with Gasteiger partial charge in [-0.15, -0.1) is 0 Å². The Hall–Kier alpha value is -1.63. The number of halogens is 1. The predicted octanol–water partition coefficient (Wildman–Crippen LogP) is 2.64. The largest absolute Gasteiger partial charge is 0.392 e. The van der Waals surface area contributed by atoms with Crippen LogP contribution in [-0.2, 0) is 16.6 Å². The van der Waals surface area contributed by atoms with Crippen LogP contribution in [0.4, 0.5) is 5.69 Å². The maximum Gasteiger partial charge on any atom is 0.261 e. The second kappa shape index (κ2) is 6.01. The van der Waals surface area contributed by atoms with E-state index in [1.54, 1.807) is 19.1 Å². The van der Waals surface area contributed by atoms with E-state index in [-0.39, 0.29) is 11.5 Å². The van der Waals surface area contributed by atoms with Gasteiger partial charge in [-0.1, -0.05) is 11.6 Å². The van der Waals surface area contributed by atoms with Gasteiger partial charge in [-0.25, -0.2) is 8.42 Å². The SMILES string of the molecule is Cc1ccc(NS(=O)(=O)c2ccc(Cl)c(CO)c2)c(C)n1. The van der Waals surface area contributed by atoms with Crippen LogP contribution in [0.15, 0.2) is 35.2 Å². The predicted molar refractivity (Wildman–Crippen MR) is 81.9 cm³/mol. The molecular formula is C14H15ClN2O3S. The zero-order valence-electron chi connectivity index (χ0n) is 11.6. The molecule has 0 saturated carbocycles. The molecular weight excluding hydrogens is 312 g/mol. The number of pyridine rings is 1. The van der Waals surface area contributed by atoms with Crippen molar-refractivity contribution in [3.8, 4) is 0 Å². The topological polar surface area (TPSA) is 79.3 Å². The fraction of sp³-hybridized carbons (Fsp3) is 0.214. The van der Waals surface area contributed by atoms with Gasteiger partial charge in [0.05, 0.1) is 22.9 Å². The number of hydrogen-bond donors (Lipinski definition) is 2. The zero-order valence-corrected chi connectivity index (χ0v) is 13.2. The lowest BCUT2D eigenvalue weighted by atomic mass is 10.2. The van der Waals surface area contributed by atoms with Crippen LogP contribution in [0.3, 0.4) is 0 Å². The maximum absolute atomic E-state index is 12.4. The van der Waals surface area contributed by atoms with Gasteiger partial charge in [0.1, 0.15) is 0 Å². The Balaban J connectivity index is 2.38. The van der Waals surface area contributed by atoms with Crippen molar-refractivity contribution < 1.29 is 13.5 Å². The molecule has 0 bridgehead atoms. The molecule has 2 aromatic rings. The summed E-state index contributed by atoms with van der Waals surface area (Å²) >= 11 is 5.86. The van der Waals surface area contributed by atoms with Crippen LogP contribution in [0.5, 0.6) is 0 Å². The van der Waals surface area contributed by atoms with Crippen molar-refractivity contribution in [3.63, 3.8) is 0 Å². The first-order chi connectivity index (χ1) is 9.83. The monoisotopic (exact) mass is 326 g/mol. The second-order valence-corrected chi connectivity index (χ2v) is 6.69. The average Bonchev–Trinajstić information content (AvgIpc) is 2.42. The van der Waals surface area contributed by atoms with Crippen molar-refractivity contribution in [1.29, 1.82) is 0 Å². The highest BCUT2D eigenvalue weighted by Gasteiger charge is 2.17. The average molecular weight is 327 g/mol. The fourth-order valence-corrected chi connectivity index (χ4v) is 3.18. The highest BCUT2D eigenvalue weighted by Crippen LogP contribution is 2.23. The lowest BCUT2D eigenvalue weighted by Crippen LogP contribution is -2.14. The van der Waals surface area contributed by atoms with Gasteiger partial charge in [-0.05, 0) is 49.7 Å². The van der Waals surface area contributed by atoms with Crippen LogP contribution in [-0.4, -0.2) is 18.5 Å². The first-order valence-corrected chi connectivity index (χ1v) is 8.06. The summed E-state index contributed by atoms with van der Waals surface area (Å²) in [6.07, 6.45) is 0. The van der Waals surface area contributed by atoms with Gasteiger partial charge >= 0.3 is 0 Å². The minimum atomic E-state index is -3.76. The van der Waals surface area contributed by atoms with E-state index < -0.39 is 10.0 Å². The molecule has 0 aliphatic carbocycles. The number of benzene rings is 1. The molecule has 0 atom stereocenters. The van der Waals surface area contributed by atoms with Gasteiger partial charge in [0.15, 0.2) is 0 Å². The highest BCUT2D eigenvalue weighted by atomic mass is 35.5. The number of nitrogens with one attached hydrogen (secondary N) is 1. The molecule has 1 aromatic carbocycles. The van der Waals surface area contributed by atoms with Gasteiger partial charge < -0.3 is 5.11 Å². The van der Waals surface area contributed by atoms with Gasteiger partial charge in [-0.2, -0.15) is 0 Å². The summed E-state index contributed by atoms with van der Waals surface area (Å²) in [7, 11) is -3.76. The molecule has 1 heterocycles. The number of sulfonamides is 1. The number of hydrogen-bond acceptors (Lipinski definition) is 4. The fourth-order valence-electron chi connectivity index (χ4n) is 1.84. The Bertz CT molecular complexity index is 776. The molecule has 1 aromatic heterocycles. The molecule has 0 fully saturated rings. The second-order valence-electron chi connectivity index (χ2n) is 4.60. The van der Waals surface area contributed by atoms with Crippen LogP contribution in [0.25, 0.3) is 0 Å². The van der Waals surface area contributed by atoms with E-state index in [0.717, 1.165) is 5.69 Å². The summed E-state index contributed by atoms with van der Waals surface area (Å²) in [4.78, 5) is 4.25. The summed E-state index contributed by atoms with van der Waals surface area (Å²) in [5.41, 5.74) is 2.18. The molecule has 21 heavy (non-hydrogen) atoms. The first-order valence-electron chi connectivity index (χ1n) is 6.20. The molecule has 0 aliphatic rings. The van der Waals surface area contributed by atoms with Crippen LogP contribution in [0.1, 0.15) is 17.0 Å². The molecule has 0 saturated heterocycles. The number of aliphatic hydroxyl groups is 1. The maximum atomic E-state index is 12.4. The third-order valence-electron chi connectivity index (χ3n) is 2.97. The Morgan fingerprint density at radius 3 is 2.57 bits per heavy atom. The number of aryl methyl sites for hydroxylation is 2. The standard InChI is InChI=1S/C14H15ClN2O3S/c1-9-3-6-14(10(2)16-9)17-21(19,20)12-4-5-13(15)11(7-12)8-18/h3-7,17-18H,8H2,1-2H3. The van der Waals surface area contributed by atoms with E-state index in [1.807, 2.05) is 6.92 Å². The molecule has 5 nitrogen and oxygen atoms in total. The van der Waals surface area contributed by atoms with Crippen molar-refractivity contribution in [2.24, 2.45) is 0 Å². The summed E-state index contributed by atoms with van der Waals surface area (Å²) in [6.45, 7) is 3.23. The summed E-state index contributed by atoms with van der Waals surface area (Å²) < 4.78 is 27.2. The normalized spacial score (nSPS) is 11.4. The van der Waals surface area contributed by atoms with E-state index >= 15 is 0 Å². The third-order valence-corrected chi connectivity index (χ3v) is 4.70. The molecule has 7 heteroatoms. The van der Waals surface area contributed by atoms with Crippen molar-refractivity contribution in [1.82, 2.24) is 4.98 Å². The number of rotatable bonds is 4. The van der Waals surface area contributed by atoms with E-state index in [9.17, 15) is 8.42 Å². The smallest absolute Gasteiger partial charge is 0.261 e. The van der Waals surface area contributed by atoms with E-state index in [4.69, 9.17) is 16.7 Å². The van der Waals surface area contributed by atoms with E-state index in [0.29, 0.717) is 22.0 Å². The number of anilines is 1. The van der Waals surface area contributed by atoms with E-state index in [2.05, 4.69) is 9.71 Å². The number of nitrogens with zero attached hydrogens (tertiary/aromatic N) is 1. The number of aromatic nitrogens is 1. The molecule has 0 aliphatic heterocycles. The minimum absolute atomic E-state index is 0.0379. The Kier molecular flexibility index (Phi) is 4.51.